The molecule has 0 aliphatic carbocycles. The first-order chi connectivity index (χ1) is 13.7. The summed E-state index contributed by atoms with van der Waals surface area (Å²) in [6.45, 7) is 4.23. The second-order valence-corrected chi connectivity index (χ2v) is 7.60. The highest BCUT2D eigenvalue weighted by Crippen LogP contribution is 2.36. The predicted octanol–water partition coefficient (Wildman–Crippen LogP) is 4.69. The Kier molecular flexibility index (Phi) is 5.91. The number of nitrogens with zero attached hydrogens (tertiary/aromatic N) is 2. The van der Waals surface area contributed by atoms with E-state index in [1.807, 2.05) is 18.2 Å². The summed E-state index contributed by atoms with van der Waals surface area (Å²) in [5.41, 5.74) is 2.66. The molecule has 0 bridgehead atoms. The molecule has 0 unspecified atom stereocenters. The van der Waals surface area contributed by atoms with Crippen LogP contribution in [0.5, 0.6) is 5.75 Å². The second-order valence-electron chi connectivity index (χ2n) is 7.60. The number of fused-ring (bicyclic) bond motifs is 1. The minimum atomic E-state index is -0.304. The molecular weight excluding hydrogens is 355 g/mol. The lowest BCUT2D eigenvalue weighted by atomic mass is 10.00. The van der Waals surface area contributed by atoms with E-state index in [0.717, 1.165) is 30.0 Å². The third-order valence-electron chi connectivity index (χ3n) is 5.57. The smallest absolute Gasteiger partial charge is 0.231 e. The average molecular weight is 382 g/mol. The molecule has 5 heteroatoms. The molecule has 0 saturated carbocycles. The molecule has 0 spiro atoms. The van der Waals surface area contributed by atoms with Crippen molar-refractivity contribution < 1.29 is 13.9 Å². The Morgan fingerprint density at radius 1 is 0.964 bits per heavy atom. The van der Waals surface area contributed by atoms with Crippen LogP contribution in [0.15, 0.2) is 42.5 Å². The van der Waals surface area contributed by atoms with Crippen molar-refractivity contribution >= 4 is 17.3 Å². The lowest BCUT2D eigenvalue weighted by Gasteiger charge is -2.30. The third-order valence-corrected chi connectivity index (χ3v) is 5.57. The first kappa shape index (κ1) is 18.9. The summed E-state index contributed by atoms with van der Waals surface area (Å²) >= 11 is 0. The van der Waals surface area contributed by atoms with Gasteiger partial charge in [-0.15, -0.1) is 0 Å². The van der Waals surface area contributed by atoms with E-state index in [-0.39, 0.29) is 11.7 Å². The number of piperidine rings is 1. The van der Waals surface area contributed by atoms with Crippen molar-refractivity contribution in [2.24, 2.45) is 0 Å². The van der Waals surface area contributed by atoms with E-state index in [9.17, 15) is 9.18 Å². The van der Waals surface area contributed by atoms with Gasteiger partial charge in [0.1, 0.15) is 11.6 Å². The van der Waals surface area contributed by atoms with E-state index in [1.54, 1.807) is 17.0 Å². The fourth-order valence-electron chi connectivity index (χ4n) is 4.09. The summed E-state index contributed by atoms with van der Waals surface area (Å²) in [5, 5.41) is 0. The normalized spacial score (nSPS) is 17.5. The number of rotatable bonds is 6. The molecule has 2 aliphatic rings. The van der Waals surface area contributed by atoms with Gasteiger partial charge in [-0.1, -0.05) is 6.42 Å². The van der Waals surface area contributed by atoms with Gasteiger partial charge in [0.25, 0.3) is 0 Å². The van der Waals surface area contributed by atoms with Gasteiger partial charge in [-0.3, -0.25) is 9.69 Å². The first-order valence-electron chi connectivity index (χ1n) is 10.3. The molecule has 2 aliphatic heterocycles. The first-order valence-corrected chi connectivity index (χ1v) is 10.3. The highest BCUT2D eigenvalue weighted by Gasteiger charge is 2.26. The molecule has 1 fully saturated rings. The van der Waals surface area contributed by atoms with Crippen LogP contribution in [-0.2, 0) is 11.2 Å². The number of halogens is 1. The number of aryl methyl sites for hydroxylation is 1. The van der Waals surface area contributed by atoms with Gasteiger partial charge in [-0.05, 0) is 86.8 Å². The molecule has 4 nitrogen and oxygen atoms in total. The summed E-state index contributed by atoms with van der Waals surface area (Å²) in [4.78, 5) is 16.7. The van der Waals surface area contributed by atoms with Crippen LogP contribution in [-0.4, -0.2) is 37.0 Å². The van der Waals surface area contributed by atoms with Crippen molar-refractivity contribution in [2.75, 3.05) is 31.1 Å². The van der Waals surface area contributed by atoms with Crippen LogP contribution in [0.25, 0.3) is 0 Å². The Balaban J connectivity index is 1.40. The van der Waals surface area contributed by atoms with Crippen LogP contribution in [0.4, 0.5) is 15.8 Å². The second kappa shape index (κ2) is 8.74. The average Bonchev–Trinajstić information content (AvgIpc) is 2.73. The molecule has 0 radical (unpaired) electrons. The predicted molar refractivity (Wildman–Crippen MR) is 109 cm³/mol. The van der Waals surface area contributed by atoms with E-state index in [4.69, 9.17) is 4.74 Å². The third kappa shape index (κ3) is 4.36. The van der Waals surface area contributed by atoms with E-state index < -0.39 is 0 Å². The van der Waals surface area contributed by atoms with E-state index in [0.29, 0.717) is 25.1 Å². The molecule has 148 valence electrons. The Bertz CT molecular complexity index is 816. The van der Waals surface area contributed by atoms with Crippen molar-refractivity contribution in [1.29, 1.82) is 0 Å². The van der Waals surface area contributed by atoms with Crippen LogP contribution in [0.2, 0.25) is 0 Å². The highest BCUT2D eigenvalue weighted by molar-refractivity contribution is 6.03. The lowest BCUT2D eigenvalue weighted by Crippen LogP contribution is -2.31. The Morgan fingerprint density at radius 2 is 1.75 bits per heavy atom. The SMILES string of the molecule is O=C1CCc2cc(OCCCN3CCCCC3)ccc2N1c1ccc(F)cc1. The molecular formula is C23H27FN2O2. The molecule has 2 aromatic carbocycles. The molecule has 1 saturated heterocycles. The maximum absolute atomic E-state index is 13.2. The molecule has 2 aromatic rings. The number of hydrogen-bond acceptors (Lipinski definition) is 3. The van der Waals surface area contributed by atoms with Gasteiger partial charge in [-0.2, -0.15) is 0 Å². The van der Waals surface area contributed by atoms with Gasteiger partial charge in [-0.25, -0.2) is 4.39 Å². The van der Waals surface area contributed by atoms with E-state index >= 15 is 0 Å². The van der Waals surface area contributed by atoms with Crippen LogP contribution >= 0.6 is 0 Å². The monoisotopic (exact) mass is 382 g/mol. The number of carbonyl (C=O) groups excluding carboxylic acids is 1. The molecule has 0 atom stereocenters. The van der Waals surface area contributed by atoms with Gasteiger partial charge in [0.05, 0.1) is 12.3 Å². The van der Waals surface area contributed by atoms with Gasteiger partial charge >= 0.3 is 0 Å². The van der Waals surface area contributed by atoms with Crippen molar-refractivity contribution in [3.63, 3.8) is 0 Å². The molecule has 1 amide bonds. The number of benzene rings is 2. The topological polar surface area (TPSA) is 32.8 Å². The van der Waals surface area contributed by atoms with Gasteiger partial charge in [0.2, 0.25) is 5.91 Å². The highest BCUT2D eigenvalue weighted by atomic mass is 19.1. The van der Waals surface area contributed by atoms with Crippen molar-refractivity contribution in [2.45, 2.75) is 38.5 Å². The van der Waals surface area contributed by atoms with Crippen LogP contribution < -0.4 is 9.64 Å². The van der Waals surface area contributed by atoms with Crippen LogP contribution in [0, 0.1) is 5.82 Å². The summed E-state index contributed by atoms with van der Waals surface area (Å²) in [6.07, 6.45) is 6.17. The number of likely N-dealkylation sites (tertiary alicyclic amines) is 1. The molecule has 0 aromatic heterocycles. The molecule has 28 heavy (non-hydrogen) atoms. The summed E-state index contributed by atoms with van der Waals surface area (Å²) in [7, 11) is 0. The van der Waals surface area contributed by atoms with Gasteiger partial charge in [0, 0.05) is 18.7 Å². The standard InChI is InChI=1S/C23H27FN2O2/c24-19-6-8-20(9-7-19)26-22-11-10-21(17-18(22)5-12-23(26)27)28-16-4-15-25-13-2-1-3-14-25/h6-11,17H,1-5,12-16H2. The zero-order valence-corrected chi connectivity index (χ0v) is 16.2. The van der Waals surface area contributed by atoms with Crippen molar-refractivity contribution in [1.82, 2.24) is 4.90 Å². The number of anilines is 2. The van der Waals surface area contributed by atoms with Gasteiger partial charge in [0.15, 0.2) is 0 Å². The zero-order valence-electron chi connectivity index (χ0n) is 16.2. The molecule has 2 heterocycles. The number of carbonyl (C=O) groups is 1. The Hall–Kier alpha value is -2.40. The van der Waals surface area contributed by atoms with E-state index in [1.165, 1.54) is 44.5 Å². The van der Waals surface area contributed by atoms with Crippen LogP contribution in [0.1, 0.15) is 37.7 Å². The van der Waals surface area contributed by atoms with Crippen molar-refractivity contribution in [3.05, 3.63) is 53.8 Å². The Morgan fingerprint density at radius 3 is 2.54 bits per heavy atom. The fourth-order valence-corrected chi connectivity index (χ4v) is 4.09. The zero-order chi connectivity index (χ0) is 19.3. The molecule has 4 rings (SSSR count). The van der Waals surface area contributed by atoms with Crippen LogP contribution in [0.3, 0.4) is 0 Å². The summed E-state index contributed by atoms with van der Waals surface area (Å²) in [6, 6.07) is 12.0. The minimum absolute atomic E-state index is 0.0364. The Labute approximate surface area is 165 Å². The maximum atomic E-state index is 13.2. The fraction of sp³-hybridized carbons (Fsp3) is 0.435. The largest absolute Gasteiger partial charge is 0.494 e. The van der Waals surface area contributed by atoms with Crippen molar-refractivity contribution in [3.8, 4) is 5.75 Å². The quantitative estimate of drug-likeness (QED) is 0.680. The number of hydrogen-bond donors (Lipinski definition) is 0. The summed E-state index contributed by atoms with van der Waals surface area (Å²) in [5.74, 6) is 0.585. The number of ether oxygens (including phenoxy) is 1. The van der Waals surface area contributed by atoms with Gasteiger partial charge < -0.3 is 9.64 Å². The minimum Gasteiger partial charge on any atom is -0.494 e. The lowest BCUT2D eigenvalue weighted by molar-refractivity contribution is -0.118. The molecule has 0 N–H and O–H groups in total. The van der Waals surface area contributed by atoms with E-state index in [2.05, 4.69) is 4.90 Å². The summed E-state index contributed by atoms with van der Waals surface area (Å²) < 4.78 is 19.2. The number of amides is 1. The maximum Gasteiger partial charge on any atom is 0.231 e.